The lowest BCUT2D eigenvalue weighted by Gasteiger charge is -2.24. The molecule has 0 atom stereocenters. The van der Waals surface area contributed by atoms with Crippen LogP contribution in [0.5, 0.6) is 0 Å². The highest BCUT2D eigenvalue weighted by Crippen LogP contribution is 2.45. The quantitative estimate of drug-likeness (QED) is 0.269. The van der Waals surface area contributed by atoms with Crippen molar-refractivity contribution in [1.29, 1.82) is 0 Å². The third-order valence-electron chi connectivity index (χ3n) is 6.99. The number of benzene rings is 5. The van der Waals surface area contributed by atoms with Gasteiger partial charge in [0.15, 0.2) is 0 Å². The fourth-order valence-corrected chi connectivity index (χ4v) is 5.60. The molecule has 136 valence electrons. The van der Waals surface area contributed by atoms with E-state index in [1.165, 1.54) is 60.5 Å². The Balaban J connectivity index is 1.48. The molecule has 29 heavy (non-hydrogen) atoms. The summed E-state index contributed by atoms with van der Waals surface area (Å²) in [5.41, 5.74) is 12.0. The summed E-state index contributed by atoms with van der Waals surface area (Å²) in [6, 6.07) is 31.8. The Labute approximate surface area is 170 Å². The first kappa shape index (κ1) is 15.5. The van der Waals surface area contributed by atoms with Gasteiger partial charge >= 0.3 is 0 Å². The third-order valence-corrected chi connectivity index (χ3v) is 6.99. The van der Waals surface area contributed by atoms with Gasteiger partial charge < -0.3 is 0 Å². The number of rotatable bonds is 0. The molecule has 0 bridgehead atoms. The first-order valence-electron chi connectivity index (χ1n) is 10.5. The predicted molar refractivity (Wildman–Crippen MR) is 122 cm³/mol. The molecule has 0 saturated carbocycles. The Morgan fingerprint density at radius 1 is 0.448 bits per heavy atom. The van der Waals surface area contributed by atoms with Gasteiger partial charge in [-0.25, -0.2) is 0 Å². The van der Waals surface area contributed by atoms with E-state index >= 15 is 0 Å². The molecule has 0 unspecified atom stereocenters. The Hall–Kier alpha value is -3.38. The highest BCUT2D eigenvalue weighted by molar-refractivity contribution is 5.94. The van der Waals surface area contributed by atoms with Crippen molar-refractivity contribution < 1.29 is 0 Å². The lowest BCUT2D eigenvalue weighted by atomic mass is 9.80. The Kier molecular flexibility index (Phi) is 2.99. The molecule has 0 nitrogen and oxygen atoms in total. The summed E-state index contributed by atoms with van der Waals surface area (Å²) in [5, 5.41) is 5.47. The van der Waals surface area contributed by atoms with Crippen LogP contribution in [0.2, 0.25) is 0 Å². The molecule has 0 heterocycles. The van der Waals surface area contributed by atoms with E-state index in [-0.39, 0.29) is 0 Å². The summed E-state index contributed by atoms with van der Waals surface area (Å²) >= 11 is 0. The lowest BCUT2D eigenvalue weighted by molar-refractivity contribution is 1.01. The molecule has 0 spiro atoms. The van der Waals surface area contributed by atoms with Crippen LogP contribution in [0.15, 0.2) is 84.9 Å². The van der Waals surface area contributed by atoms with Crippen molar-refractivity contribution in [2.24, 2.45) is 0 Å². The van der Waals surface area contributed by atoms with Crippen LogP contribution in [-0.2, 0) is 19.3 Å². The van der Waals surface area contributed by atoms with Crippen molar-refractivity contribution >= 4 is 21.5 Å². The summed E-state index contributed by atoms with van der Waals surface area (Å²) in [5.74, 6) is 0. The zero-order chi connectivity index (χ0) is 18.9. The fraction of sp³-hybridized carbons (Fsp3) is 0.103. The average Bonchev–Trinajstić information content (AvgIpc) is 3.14. The van der Waals surface area contributed by atoms with Crippen molar-refractivity contribution in [1.82, 2.24) is 0 Å². The van der Waals surface area contributed by atoms with Crippen molar-refractivity contribution in [2.75, 3.05) is 0 Å². The van der Waals surface area contributed by atoms with Gasteiger partial charge in [-0.1, -0.05) is 78.9 Å². The van der Waals surface area contributed by atoms with E-state index in [2.05, 4.69) is 84.9 Å². The van der Waals surface area contributed by atoms with Crippen molar-refractivity contribution in [3.05, 3.63) is 118 Å². The molecule has 0 fully saturated rings. The van der Waals surface area contributed by atoms with E-state index in [0.29, 0.717) is 0 Å². The molecule has 0 heteroatoms. The Morgan fingerprint density at radius 3 is 2.00 bits per heavy atom. The van der Waals surface area contributed by atoms with E-state index in [9.17, 15) is 0 Å². The highest BCUT2D eigenvalue weighted by atomic mass is 14.3. The van der Waals surface area contributed by atoms with Gasteiger partial charge in [-0.05, 0) is 91.4 Å². The maximum Gasteiger partial charge on any atom is -0.000764 e. The van der Waals surface area contributed by atoms with Crippen molar-refractivity contribution in [3.63, 3.8) is 0 Å². The molecule has 5 aromatic rings. The van der Waals surface area contributed by atoms with Gasteiger partial charge in [-0.3, -0.25) is 0 Å². The second kappa shape index (κ2) is 5.58. The normalized spacial score (nSPS) is 13.8. The molecule has 0 aromatic heterocycles. The number of fused-ring (bicyclic) bond motifs is 9. The summed E-state index contributed by atoms with van der Waals surface area (Å²) in [7, 11) is 0. The first-order valence-corrected chi connectivity index (χ1v) is 10.5. The maximum atomic E-state index is 2.43. The minimum Gasteiger partial charge on any atom is -0.0616 e. The van der Waals surface area contributed by atoms with Crippen LogP contribution < -0.4 is 0 Å². The van der Waals surface area contributed by atoms with Crippen LogP contribution in [0, 0.1) is 0 Å². The van der Waals surface area contributed by atoms with Crippen molar-refractivity contribution in [3.8, 4) is 11.1 Å². The second-order valence-corrected chi connectivity index (χ2v) is 8.55. The monoisotopic (exact) mass is 368 g/mol. The summed E-state index contributed by atoms with van der Waals surface area (Å²) in [6.07, 6.45) is 3.15. The van der Waals surface area contributed by atoms with Gasteiger partial charge in [-0.15, -0.1) is 0 Å². The standard InChI is InChI=1S/C29H20/c1-2-7-20-16-27-24(13-19(20)6-1)15-23-12-11-22-14-21-10-9-18-5-3-4-8-25(18)26(21)17-28(22)29(23)27/h1-13,16H,14-15,17H2. The molecule has 0 aliphatic heterocycles. The Bertz CT molecular complexity index is 1470. The summed E-state index contributed by atoms with van der Waals surface area (Å²) < 4.78 is 0. The Morgan fingerprint density at radius 2 is 1.10 bits per heavy atom. The van der Waals surface area contributed by atoms with Crippen LogP contribution in [0.3, 0.4) is 0 Å². The number of hydrogen-bond acceptors (Lipinski definition) is 0. The third kappa shape index (κ3) is 2.15. The van der Waals surface area contributed by atoms with E-state index in [4.69, 9.17) is 0 Å². The molecule has 0 N–H and O–H groups in total. The fourth-order valence-electron chi connectivity index (χ4n) is 5.60. The average molecular weight is 368 g/mol. The molecular formula is C29H20. The van der Waals surface area contributed by atoms with Crippen LogP contribution in [0.4, 0.5) is 0 Å². The predicted octanol–water partition coefficient (Wildman–Crippen LogP) is 7.06. The van der Waals surface area contributed by atoms with Gasteiger partial charge in [-0.2, -0.15) is 0 Å². The minimum absolute atomic E-state index is 1.04. The molecule has 7 rings (SSSR count). The van der Waals surface area contributed by atoms with Gasteiger partial charge in [0.05, 0.1) is 0 Å². The SMILES string of the molecule is c1ccc2cc3c(cc2c1)Cc1ccc2c(c1-3)Cc1c(ccc3ccccc13)C2. The molecule has 5 aromatic carbocycles. The summed E-state index contributed by atoms with van der Waals surface area (Å²) in [4.78, 5) is 0. The van der Waals surface area contributed by atoms with Crippen LogP contribution >= 0.6 is 0 Å². The molecule has 0 radical (unpaired) electrons. The zero-order valence-corrected chi connectivity index (χ0v) is 16.2. The molecule has 0 saturated heterocycles. The first-order chi connectivity index (χ1) is 14.3. The molecule has 2 aliphatic rings. The van der Waals surface area contributed by atoms with Crippen LogP contribution in [-0.4, -0.2) is 0 Å². The molecule has 2 aliphatic carbocycles. The van der Waals surface area contributed by atoms with E-state index < -0.39 is 0 Å². The van der Waals surface area contributed by atoms with E-state index in [1.54, 1.807) is 5.56 Å². The van der Waals surface area contributed by atoms with Gasteiger partial charge in [0.2, 0.25) is 0 Å². The molecule has 0 amide bonds. The smallest absolute Gasteiger partial charge is 0.000764 e. The van der Waals surface area contributed by atoms with Crippen LogP contribution in [0.25, 0.3) is 32.7 Å². The largest absolute Gasteiger partial charge is 0.0616 e. The van der Waals surface area contributed by atoms with Gasteiger partial charge in [0.25, 0.3) is 0 Å². The van der Waals surface area contributed by atoms with Gasteiger partial charge in [0.1, 0.15) is 0 Å². The van der Waals surface area contributed by atoms with E-state index in [1.807, 2.05) is 0 Å². The zero-order valence-electron chi connectivity index (χ0n) is 16.2. The molecular weight excluding hydrogens is 348 g/mol. The van der Waals surface area contributed by atoms with Crippen LogP contribution in [0.1, 0.15) is 33.4 Å². The summed E-state index contributed by atoms with van der Waals surface area (Å²) in [6.45, 7) is 0. The second-order valence-electron chi connectivity index (χ2n) is 8.55. The minimum atomic E-state index is 1.04. The maximum absolute atomic E-state index is 2.43. The number of hydrogen-bond donors (Lipinski definition) is 0. The lowest BCUT2D eigenvalue weighted by Crippen LogP contribution is -2.09. The van der Waals surface area contributed by atoms with Gasteiger partial charge in [0, 0.05) is 0 Å². The van der Waals surface area contributed by atoms with E-state index in [0.717, 1.165) is 19.3 Å². The van der Waals surface area contributed by atoms with Crippen molar-refractivity contribution in [2.45, 2.75) is 19.3 Å². The highest BCUT2D eigenvalue weighted by Gasteiger charge is 2.27. The topological polar surface area (TPSA) is 0 Å².